The molecule has 0 unspecified atom stereocenters. The minimum absolute atomic E-state index is 0.171. The maximum atomic E-state index is 12.6. The summed E-state index contributed by atoms with van der Waals surface area (Å²) in [5.41, 5.74) is 4.11. The van der Waals surface area contributed by atoms with E-state index in [0.717, 1.165) is 16.8 Å². The van der Waals surface area contributed by atoms with E-state index in [2.05, 4.69) is 25.8 Å². The summed E-state index contributed by atoms with van der Waals surface area (Å²) in [5.74, 6) is -1.03. The number of rotatable bonds is 6. The molecule has 1 aliphatic heterocycles. The van der Waals surface area contributed by atoms with Crippen molar-refractivity contribution in [3.63, 3.8) is 0 Å². The first-order valence-corrected chi connectivity index (χ1v) is 10.4. The van der Waals surface area contributed by atoms with E-state index in [0.29, 0.717) is 11.4 Å². The van der Waals surface area contributed by atoms with E-state index in [1.807, 2.05) is 32.0 Å². The first-order chi connectivity index (χ1) is 15.9. The fourth-order valence-corrected chi connectivity index (χ4v) is 3.36. The predicted octanol–water partition coefficient (Wildman–Crippen LogP) is 2.12. The number of aromatic nitrogens is 3. The van der Waals surface area contributed by atoms with Crippen LogP contribution in [0.1, 0.15) is 24.0 Å². The van der Waals surface area contributed by atoms with Crippen molar-refractivity contribution in [1.29, 1.82) is 0 Å². The predicted molar refractivity (Wildman–Crippen MR) is 123 cm³/mol. The molecule has 0 spiro atoms. The molecule has 2 heterocycles. The summed E-state index contributed by atoms with van der Waals surface area (Å²) >= 11 is 0. The summed E-state index contributed by atoms with van der Waals surface area (Å²) in [6.45, 7) is 3.59. The molecule has 0 saturated carbocycles. The Bertz CT molecular complexity index is 1220. The number of hydrazone groups is 1. The first kappa shape index (κ1) is 21.9. The number of nitrogens with zero attached hydrogens (tertiary/aromatic N) is 5. The zero-order chi connectivity index (χ0) is 23.4. The van der Waals surface area contributed by atoms with E-state index in [-0.39, 0.29) is 36.9 Å². The van der Waals surface area contributed by atoms with Gasteiger partial charge in [-0.1, -0.05) is 12.1 Å². The molecule has 3 aromatic rings. The molecule has 0 radical (unpaired) electrons. The van der Waals surface area contributed by atoms with Crippen LogP contribution in [-0.4, -0.2) is 44.7 Å². The standard InChI is InChI=1S/C23H23N7O3/c1-15-3-4-16(2)20(11-15)30-22(32)10-9-19(28-30)23(33)25-12-21(31)27-17-5-7-18(8-6-17)29-14-24-13-26-29/h3-8,11,13-14H,9-10,12H2,1-2H3,(H,25,33)(H,27,31). The number of hydrogen-bond acceptors (Lipinski definition) is 6. The van der Waals surface area contributed by atoms with Crippen LogP contribution >= 0.6 is 0 Å². The zero-order valence-electron chi connectivity index (χ0n) is 18.3. The molecule has 168 valence electrons. The molecule has 3 amide bonds. The number of benzene rings is 2. The van der Waals surface area contributed by atoms with Gasteiger partial charge in [0.2, 0.25) is 11.8 Å². The highest BCUT2D eigenvalue weighted by Crippen LogP contribution is 2.25. The molecule has 0 saturated heterocycles. The lowest BCUT2D eigenvalue weighted by Gasteiger charge is -2.24. The van der Waals surface area contributed by atoms with Gasteiger partial charge in [-0.2, -0.15) is 10.2 Å². The maximum Gasteiger partial charge on any atom is 0.267 e. The van der Waals surface area contributed by atoms with Gasteiger partial charge in [-0.25, -0.2) is 14.7 Å². The second-order valence-electron chi connectivity index (χ2n) is 7.66. The summed E-state index contributed by atoms with van der Waals surface area (Å²) in [6, 6.07) is 12.8. The number of anilines is 2. The highest BCUT2D eigenvalue weighted by atomic mass is 16.2. The normalized spacial score (nSPS) is 13.5. The van der Waals surface area contributed by atoms with Gasteiger partial charge >= 0.3 is 0 Å². The van der Waals surface area contributed by atoms with Gasteiger partial charge in [-0.05, 0) is 55.3 Å². The largest absolute Gasteiger partial charge is 0.342 e. The second kappa shape index (κ2) is 9.43. The van der Waals surface area contributed by atoms with Crippen LogP contribution in [0.25, 0.3) is 5.69 Å². The Balaban J connectivity index is 1.36. The second-order valence-corrected chi connectivity index (χ2v) is 7.66. The quantitative estimate of drug-likeness (QED) is 0.602. The van der Waals surface area contributed by atoms with Crippen LogP contribution in [0.4, 0.5) is 11.4 Å². The van der Waals surface area contributed by atoms with Gasteiger partial charge < -0.3 is 10.6 Å². The van der Waals surface area contributed by atoms with Gasteiger partial charge in [0.1, 0.15) is 18.4 Å². The van der Waals surface area contributed by atoms with Crippen molar-refractivity contribution in [1.82, 2.24) is 20.1 Å². The molecular weight excluding hydrogens is 422 g/mol. The van der Waals surface area contributed by atoms with Crippen LogP contribution in [0.5, 0.6) is 0 Å². The minimum atomic E-state index is -0.477. The lowest BCUT2D eigenvalue weighted by Crippen LogP contribution is -2.41. The van der Waals surface area contributed by atoms with E-state index in [9.17, 15) is 14.4 Å². The van der Waals surface area contributed by atoms with E-state index in [4.69, 9.17) is 0 Å². The fourth-order valence-electron chi connectivity index (χ4n) is 3.36. The summed E-state index contributed by atoms with van der Waals surface area (Å²) in [4.78, 5) is 41.2. The number of carbonyl (C=O) groups is 3. The van der Waals surface area contributed by atoms with Gasteiger partial charge in [0.15, 0.2) is 0 Å². The van der Waals surface area contributed by atoms with Crippen molar-refractivity contribution in [3.8, 4) is 5.69 Å². The molecule has 0 aliphatic carbocycles. The van der Waals surface area contributed by atoms with Crippen molar-refractivity contribution < 1.29 is 14.4 Å². The molecule has 10 heteroatoms. The first-order valence-electron chi connectivity index (χ1n) is 10.4. The average Bonchev–Trinajstić information content (AvgIpc) is 3.35. The molecule has 0 atom stereocenters. The van der Waals surface area contributed by atoms with Crippen molar-refractivity contribution in [2.75, 3.05) is 16.9 Å². The third-order valence-electron chi connectivity index (χ3n) is 5.13. The lowest BCUT2D eigenvalue weighted by atomic mass is 10.1. The Morgan fingerprint density at radius 1 is 1.06 bits per heavy atom. The van der Waals surface area contributed by atoms with Crippen LogP contribution in [0, 0.1) is 13.8 Å². The Hall–Kier alpha value is -4.34. The SMILES string of the molecule is Cc1ccc(C)c(N2N=C(C(=O)NCC(=O)Nc3ccc(-n4cncn4)cc3)CCC2=O)c1. The molecule has 10 nitrogen and oxygen atoms in total. The summed E-state index contributed by atoms with van der Waals surface area (Å²) in [5, 5.41) is 14.9. The summed E-state index contributed by atoms with van der Waals surface area (Å²) < 4.78 is 1.60. The van der Waals surface area contributed by atoms with E-state index in [1.54, 1.807) is 35.3 Å². The number of nitrogens with one attached hydrogen (secondary N) is 2. The Kier molecular flexibility index (Phi) is 6.25. The van der Waals surface area contributed by atoms with Crippen molar-refractivity contribution in [3.05, 3.63) is 66.2 Å². The third-order valence-corrected chi connectivity index (χ3v) is 5.13. The molecular formula is C23H23N7O3. The van der Waals surface area contributed by atoms with Gasteiger partial charge in [0, 0.05) is 18.5 Å². The molecule has 33 heavy (non-hydrogen) atoms. The van der Waals surface area contributed by atoms with Crippen LogP contribution in [0.15, 0.2) is 60.2 Å². The van der Waals surface area contributed by atoms with E-state index < -0.39 is 5.91 Å². The highest BCUT2D eigenvalue weighted by Gasteiger charge is 2.26. The van der Waals surface area contributed by atoms with Crippen molar-refractivity contribution in [2.24, 2.45) is 5.10 Å². The third kappa shape index (κ3) is 5.12. The molecule has 1 aromatic heterocycles. The van der Waals surface area contributed by atoms with Crippen molar-refractivity contribution >= 4 is 34.8 Å². The summed E-state index contributed by atoms with van der Waals surface area (Å²) in [6.07, 6.45) is 3.40. The molecule has 1 aliphatic rings. The number of amides is 3. The van der Waals surface area contributed by atoms with E-state index in [1.165, 1.54) is 11.3 Å². The zero-order valence-corrected chi connectivity index (χ0v) is 18.3. The van der Waals surface area contributed by atoms with Crippen molar-refractivity contribution in [2.45, 2.75) is 26.7 Å². The fraction of sp³-hybridized carbons (Fsp3) is 0.217. The van der Waals surface area contributed by atoms with Crippen LogP contribution in [0.3, 0.4) is 0 Å². The molecule has 0 bridgehead atoms. The topological polar surface area (TPSA) is 122 Å². The Labute approximate surface area is 190 Å². The maximum absolute atomic E-state index is 12.6. The van der Waals surface area contributed by atoms with E-state index >= 15 is 0 Å². The van der Waals surface area contributed by atoms with Crippen LogP contribution in [0.2, 0.25) is 0 Å². The van der Waals surface area contributed by atoms with Crippen LogP contribution in [-0.2, 0) is 14.4 Å². The molecule has 2 aromatic carbocycles. The number of aryl methyl sites for hydroxylation is 2. The monoisotopic (exact) mass is 445 g/mol. The number of carbonyl (C=O) groups excluding carboxylic acids is 3. The lowest BCUT2D eigenvalue weighted by molar-refractivity contribution is -0.120. The van der Waals surface area contributed by atoms with Gasteiger partial charge in [0.05, 0.1) is 17.9 Å². The Morgan fingerprint density at radius 3 is 2.58 bits per heavy atom. The number of hydrogen-bond donors (Lipinski definition) is 2. The molecule has 0 fully saturated rings. The molecule has 2 N–H and O–H groups in total. The summed E-state index contributed by atoms with van der Waals surface area (Å²) in [7, 11) is 0. The van der Waals surface area contributed by atoms with Gasteiger partial charge in [-0.3, -0.25) is 14.4 Å². The smallest absolute Gasteiger partial charge is 0.267 e. The van der Waals surface area contributed by atoms with Gasteiger partial charge in [0.25, 0.3) is 5.91 Å². The average molecular weight is 445 g/mol. The highest BCUT2D eigenvalue weighted by molar-refractivity contribution is 6.40. The van der Waals surface area contributed by atoms with Crippen LogP contribution < -0.4 is 15.6 Å². The van der Waals surface area contributed by atoms with Gasteiger partial charge in [-0.15, -0.1) is 0 Å². The molecule has 4 rings (SSSR count). The Morgan fingerprint density at radius 2 is 1.85 bits per heavy atom. The minimum Gasteiger partial charge on any atom is -0.342 e.